The Labute approximate surface area is 101 Å². The molecule has 0 atom stereocenters. The van der Waals surface area contributed by atoms with Crippen molar-refractivity contribution < 1.29 is 9.90 Å². The molecule has 1 aromatic heterocycles. The molecule has 0 aliphatic heterocycles. The van der Waals surface area contributed by atoms with Crippen molar-refractivity contribution in [2.75, 3.05) is 0 Å². The molecule has 1 aromatic rings. The van der Waals surface area contributed by atoms with E-state index in [-0.39, 0.29) is 11.8 Å². The highest BCUT2D eigenvalue weighted by Crippen LogP contribution is 2.32. The summed E-state index contributed by atoms with van der Waals surface area (Å²) in [6.45, 7) is 10.2. The minimum absolute atomic E-state index is 0.0300. The summed E-state index contributed by atoms with van der Waals surface area (Å²) in [6, 6.07) is 0. The van der Waals surface area contributed by atoms with Crippen LogP contribution in [0.15, 0.2) is 5.38 Å². The maximum atomic E-state index is 10.8. The Morgan fingerprint density at radius 1 is 1.38 bits per heavy atom. The Morgan fingerprint density at radius 2 is 1.94 bits per heavy atom. The van der Waals surface area contributed by atoms with Gasteiger partial charge in [0.15, 0.2) is 0 Å². The van der Waals surface area contributed by atoms with Crippen LogP contribution in [0.25, 0.3) is 0 Å². The largest absolute Gasteiger partial charge is 0.481 e. The van der Waals surface area contributed by atoms with Crippen molar-refractivity contribution in [3.8, 4) is 0 Å². The minimum Gasteiger partial charge on any atom is -0.481 e. The van der Waals surface area contributed by atoms with E-state index in [1.807, 2.05) is 19.2 Å². The fourth-order valence-corrected chi connectivity index (χ4v) is 2.50. The van der Waals surface area contributed by atoms with E-state index in [1.54, 1.807) is 11.3 Å². The second-order valence-corrected chi connectivity index (χ2v) is 6.60. The first-order valence-electron chi connectivity index (χ1n) is 5.31. The van der Waals surface area contributed by atoms with Gasteiger partial charge in [0.2, 0.25) is 0 Å². The molecule has 0 radical (unpaired) electrons. The van der Waals surface area contributed by atoms with Gasteiger partial charge in [-0.1, -0.05) is 34.6 Å². The van der Waals surface area contributed by atoms with Crippen LogP contribution in [0.3, 0.4) is 0 Å². The van der Waals surface area contributed by atoms with Gasteiger partial charge in [0.25, 0.3) is 0 Å². The zero-order valence-corrected chi connectivity index (χ0v) is 11.3. The highest BCUT2D eigenvalue weighted by Gasteiger charge is 2.28. The van der Waals surface area contributed by atoms with Gasteiger partial charge in [-0.25, -0.2) is 4.98 Å². The van der Waals surface area contributed by atoms with E-state index in [0.717, 1.165) is 10.7 Å². The Hall–Kier alpha value is -0.900. The molecule has 0 amide bonds. The number of carboxylic acids is 1. The Kier molecular flexibility index (Phi) is 3.43. The van der Waals surface area contributed by atoms with E-state index >= 15 is 0 Å². The number of aliphatic carboxylic acids is 1. The average Bonchev–Trinajstić information content (AvgIpc) is 2.47. The lowest BCUT2D eigenvalue weighted by Crippen LogP contribution is -2.22. The molecule has 1 N–H and O–H groups in total. The number of hydrogen-bond donors (Lipinski definition) is 1. The van der Waals surface area contributed by atoms with Gasteiger partial charge >= 0.3 is 5.97 Å². The summed E-state index contributed by atoms with van der Waals surface area (Å²) >= 11 is 1.61. The Balaban J connectivity index is 2.97. The summed E-state index contributed by atoms with van der Waals surface area (Å²) in [5.41, 5.74) is 0.512. The maximum absolute atomic E-state index is 10.8. The van der Waals surface area contributed by atoms with Crippen LogP contribution in [-0.2, 0) is 15.6 Å². The second kappa shape index (κ2) is 4.17. The molecule has 90 valence electrons. The fourth-order valence-electron chi connectivity index (χ4n) is 1.40. The molecule has 0 saturated carbocycles. The molecule has 0 saturated heterocycles. The molecule has 0 aromatic carbocycles. The molecule has 1 rings (SSSR count). The first-order valence-corrected chi connectivity index (χ1v) is 6.19. The Bertz CT molecular complexity index is 388. The molecule has 3 nitrogen and oxygen atoms in total. The van der Waals surface area contributed by atoms with Crippen LogP contribution in [0.5, 0.6) is 0 Å². The lowest BCUT2D eigenvalue weighted by Gasteiger charge is -2.20. The van der Waals surface area contributed by atoms with Gasteiger partial charge in [0.05, 0.1) is 17.1 Å². The van der Waals surface area contributed by atoms with Gasteiger partial charge in [-0.3, -0.25) is 4.79 Å². The molecule has 0 unspecified atom stereocenters. The average molecular weight is 241 g/mol. The number of nitrogens with zero attached hydrogens (tertiary/aromatic N) is 1. The van der Waals surface area contributed by atoms with E-state index in [9.17, 15) is 4.79 Å². The smallest absolute Gasteiger partial charge is 0.304 e. The van der Waals surface area contributed by atoms with Crippen molar-refractivity contribution in [1.82, 2.24) is 4.98 Å². The predicted molar refractivity (Wildman–Crippen MR) is 66.1 cm³/mol. The number of carboxylic acid groups (broad SMARTS) is 1. The fraction of sp³-hybridized carbons (Fsp3) is 0.667. The van der Waals surface area contributed by atoms with E-state index in [4.69, 9.17) is 5.11 Å². The quantitative estimate of drug-likeness (QED) is 0.884. The summed E-state index contributed by atoms with van der Waals surface area (Å²) in [7, 11) is 0. The molecule has 0 aliphatic carbocycles. The summed E-state index contributed by atoms with van der Waals surface area (Å²) in [5.74, 6) is -0.782. The van der Waals surface area contributed by atoms with Crippen molar-refractivity contribution in [1.29, 1.82) is 0 Å². The monoisotopic (exact) mass is 241 g/mol. The van der Waals surface area contributed by atoms with E-state index in [1.165, 1.54) is 0 Å². The van der Waals surface area contributed by atoms with Gasteiger partial charge in [0, 0.05) is 16.2 Å². The first-order chi connectivity index (χ1) is 7.13. The Morgan fingerprint density at radius 3 is 2.31 bits per heavy atom. The highest BCUT2D eigenvalue weighted by atomic mass is 32.1. The predicted octanol–water partition coefficient (Wildman–Crippen LogP) is 3.19. The van der Waals surface area contributed by atoms with E-state index in [2.05, 4.69) is 25.8 Å². The van der Waals surface area contributed by atoms with Crippen LogP contribution in [0.1, 0.15) is 51.7 Å². The van der Waals surface area contributed by atoms with Crippen molar-refractivity contribution in [3.63, 3.8) is 0 Å². The third-order valence-corrected chi connectivity index (χ3v) is 3.70. The van der Waals surface area contributed by atoms with Gasteiger partial charge in [-0.15, -0.1) is 11.3 Å². The number of hydrogen-bond acceptors (Lipinski definition) is 3. The van der Waals surface area contributed by atoms with E-state index in [0.29, 0.717) is 0 Å². The molecular formula is C12H19NO2S. The lowest BCUT2D eigenvalue weighted by molar-refractivity contribution is -0.138. The number of rotatable bonds is 3. The molecule has 16 heavy (non-hydrogen) atoms. The molecule has 0 fully saturated rings. The standard InChI is InChI=1S/C12H19NO2S/c1-11(2,3)10-13-8(7-16-10)12(4,5)6-9(14)15/h7H,6H2,1-5H3,(H,14,15). The van der Waals surface area contributed by atoms with Crippen molar-refractivity contribution in [2.24, 2.45) is 0 Å². The lowest BCUT2D eigenvalue weighted by atomic mass is 9.86. The topological polar surface area (TPSA) is 50.2 Å². The number of thiazole rings is 1. The molecule has 0 aliphatic rings. The van der Waals surface area contributed by atoms with Crippen LogP contribution >= 0.6 is 11.3 Å². The molecule has 0 bridgehead atoms. The zero-order valence-electron chi connectivity index (χ0n) is 10.5. The van der Waals surface area contributed by atoms with Crippen LogP contribution in [0.4, 0.5) is 0 Å². The summed E-state index contributed by atoms with van der Waals surface area (Å²) < 4.78 is 0. The third-order valence-electron chi connectivity index (χ3n) is 2.43. The van der Waals surface area contributed by atoms with Crippen LogP contribution in [0.2, 0.25) is 0 Å². The molecule has 1 heterocycles. The van der Waals surface area contributed by atoms with Gasteiger partial charge in [0.1, 0.15) is 0 Å². The van der Waals surface area contributed by atoms with Gasteiger partial charge < -0.3 is 5.11 Å². The van der Waals surface area contributed by atoms with Gasteiger partial charge in [-0.2, -0.15) is 0 Å². The number of aromatic nitrogens is 1. The third kappa shape index (κ3) is 3.04. The van der Waals surface area contributed by atoms with Crippen LogP contribution in [0, 0.1) is 0 Å². The first kappa shape index (κ1) is 13.2. The summed E-state index contributed by atoms with van der Waals surface area (Å²) in [5, 5.41) is 11.9. The van der Waals surface area contributed by atoms with Gasteiger partial charge in [-0.05, 0) is 0 Å². The summed E-state index contributed by atoms with van der Waals surface area (Å²) in [4.78, 5) is 15.3. The molecule has 0 spiro atoms. The normalized spacial score (nSPS) is 12.8. The van der Waals surface area contributed by atoms with E-state index < -0.39 is 11.4 Å². The maximum Gasteiger partial charge on any atom is 0.304 e. The van der Waals surface area contributed by atoms with Crippen LogP contribution < -0.4 is 0 Å². The SMILES string of the molecule is CC(C)(C)c1nc(C(C)(C)CC(=O)O)cs1. The zero-order chi connectivity index (χ0) is 12.6. The minimum atomic E-state index is -0.782. The molecule has 4 heteroatoms. The van der Waals surface area contributed by atoms with Crippen molar-refractivity contribution >= 4 is 17.3 Å². The molecular weight excluding hydrogens is 222 g/mol. The second-order valence-electron chi connectivity index (χ2n) is 5.74. The van der Waals surface area contributed by atoms with Crippen LogP contribution in [-0.4, -0.2) is 16.1 Å². The van der Waals surface area contributed by atoms with Crippen molar-refractivity contribution in [2.45, 2.75) is 51.9 Å². The van der Waals surface area contributed by atoms with Crippen molar-refractivity contribution in [3.05, 3.63) is 16.1 Å². The number of carbonyl (C=O) groups is 1. The highest BCUT2D eigenvalue weighted by molar-refractivity contribution is 7.09. The summed E-state index contributed by atoms with van der Waals surface area (Å²) in [6.07, 6.45) is 0.111.